The third kappa shape index (κ3) is 4.24. The molecule has 0 bridgehead atoms. The number of rotatable bonds is 5. The molecule has 210 valence electrons. The summed E-state index contributed by atoms with van der Waals surface area (Å²) in [6.45, 7) is 4.71. The first-order valence-corrected chi connectivity index (χ1v) is 15.4. The molecule has 0 N–H and O–H groups in total. The number of hydrogen-bond acceptors (Lipinski definition) is 1. The van der Waals surface area contributed by atoms with E-state index in [9.17, 15) is 0 Å². The molecular weight excluding hydrogens is 530 g/mol. The summed E-state index contributed by atoms with van der Waals surface area (Å²) in [5.74, 6) is 0. The van der Waals surface area contributed by atoms with Gasteiger partial charge in [0.15, 0.2) is 0 Å². The van der Waals surface area contributed by atoms with Crippen molar-refractivity contribution in [3.05, 3.63) is 175 Å². The fourth-order valence-corrected chi connectivity index (χ4v) is 7.08. The molecule has 0 amide bonds. The quantitative estimate of drug-likeness (QED) is 0.201. The minimum atomic E-state index is -0.0523. The molecule has 0 spiro atoms. The minimum Gasteiger partial charge on any atom is -0.310 e. The normalized spacial score (nSPS) is 13.0. The summed E-state index contributed by atoms with van der Waals surface area (Å²) >= 11 is 0. The maximum absolute atomic E-state index is 2.43. The van der Waals surface area contributed by atoms with Crippen LogP contribution in [0.1, 0.15) is 25.0 Å². The molecule has 8 rings (SSSR count). The molecule has 0 unspecified atom stereocenters. The van der Waals surface area contributed by atoms with E-state index in [2.05, 4.69) is 183 Å². The van der Waals surface area contributed by atoms with Gasteiger partial charge in [-0.2, -0.15) is 0 Å². The largest absolute Gasteiger partial charge is 0.310 e. The lowest BCUT2D eigenvalue weighted by atomic mass is 9.81. The second kappa shape index (κ2) is 10.4. The monoisotopic (exact) mass is 563 g/mol. The first-order chi connectivity index (χ1) is 21.6. The lowest BCUT2D eigenvalue weighted by Crippen LogP contribution is -2.15. The van der Waals surface area contributed by atoms with E-state index in [0.717, 1.165) is 17.1 Å². The molecule has 0 aromatic heterocycles. The average Bonchev–Trinajstić information content (AvgIpc) is 3.31. The van der Waals surface area contributed by atoms with E-state index in [0.29, 0.717) is 0 Å². The van der Waals surface area contributed by atoms with Crippen molar-refractivity contribution >= 4 is 27.8 Å². The predicted octanol–water partition coefficient (Wildman–Crippen LogP) is 11.9. The summed E-state index contributed by atoms with van der Waals surface area (Å²) in [6.07, 6.45) is 0. The summed E-state index contributed by atoms with van der Waals surface area (Å²) in [6, 6.07) is 59.6. The van der Waals surface area contributed by atoms with Crippen LogP contribution in [-0.4, -0.2) is 0 Å². The van der Waals surface area contributed by atoms with Crippen molar-refractivity contribution in [2.75, 3.05) is 4.90 Å². The van der Waals surface area contributed by atoms with Crippen LogP contribution in [0.15, 0.2) is 164 Å². The van der Waals surface area contributed by atoms with E-state index >= 15 is 0 Å². The number of anilines is 3. The number of fused-ring (bicyclic) bond motifs is 4. The molecule has 0 atom stereocenters. The van der Waals surface area contributed by atoms with E-state index in [-0.39, 0.29) is 5.41 Å². The lowest BCUT2D eigenvalue weighted by molar-refractivity contribution is 0.660. The molecule has 0 saturated heterocycles. The van der Waals surface area contributed by atoms with Crippen LogP contribution in [0.5, 0.6) is 0 Å². The van der Waals surface area contributed by atoms with E-state index in [4.69, 9.17) is 0 Å². The first-order valence-electron chi connectivity index (χ1n) is 15.4. The second-order valence-electron chi connectivity index (χ2n) is 12.2. The Morgan fingerprint density at radius 2 is 1.02 bits per heavy atom. The van der Waals surface area contributed by atoms with Gasteiger partial charge in [0.2, 0.25) is 0 Å². The molecule has 1 heteroatoms. The standard InChI is InChI=1S/C43H33N/c1-43(2)39-24-10-9-22-37(39)38-27-26-33(29-40(38)43)36-23-12-16-31-17-13-25-41(42(31)36)44(34-19-7-4-8-20-34)35-21-11-18-32(28-35)30-14-5-3-6-15-30/h3-29H,1-2H3. The summed E-state index contributed by atoms with van der Waals surface area (Å²) in [5.41, 5.74) is 13.8. The molecule has 0 radical (unpaired) electrons. The maximum atomic E-state index is 2.43. The molecule has 0 saturated carbocycles. The van der Waals surface area contributed by atoms with Crippen LogP contribution in [0.3, 0.4) is 0 Å². The van der Waals surface area contributed by atoms with Gasteiger partial charge in [-0.05, 0) is 86.3 Å². The van der Waals surface area contributed by atoms with Gasteiger partial charge in [-0.25, -0.2) is 0 Å². The van der Waals surface area contributed by atoms with Gasteiger partial charge in [0.05, 0.1) is 5.69 Å². The van der Waals surface area contributed by atoms with Crippen LogP contribution in [0.2, 0.25) is 0 Å². The highest BCUT2D eigenvalue weighted by atomic mass is 15.1. The molecule has 0 heterocycles. The van der Waals surface area contributed by atoms with E-state index in [1.165, 1.54) is 55.3 Å². The Morgan fingerprint density at radius 3 is 1.84 bits per heavy atom. The third-order valence-corrected chi connectivity index (χ3v) is 9.24. The number of nitrogens with zero attached hydrogens (tertiary/aromatic N) is 1. The molecule has 1 aliphatic carbocycles. The zero-order chi connectivity index (χ0) is 29.7. The van der Waals surface area contributed by atoms with Gasteiger partial charge in [0.1, 0.15) is 0 Å². The second-order valence-corrected chi connectivity index (χ2v) is 12.2. The topological polar surface area (TPSA) is 3.24 Å². The number of hydrogen-bond donors (Lipinski definition) is 0. The summed E-state index contributed by atoms with van der Waals surface area (Å²) in [5, 5.41) is 2.47. The molecule has 0 aliphatic heterocycles. The molecule has 7 aromatic rings. The molecule has 0 fully saturated rings. The first kappa shape index (κ1) is 26.2. The molecule has 7 aromatic carbocycles. The molecule has 1 nitrogen and oxygen atoms in total. The molecule has 1 aliphatic rings. The zero-order valence-corrected chi connectivity index (χ0v) is 25.0. The number of para-hydroxylation sites is 1. The van der Waals surface area contributed by atoms with Crippen LogP contribution in [0.4, 0.5) is 17.1 Å². The Balaban J connectivity index is 1.35. The van der Waals surface area contributed by atoms with Crippen LogP contribution in [0, 0.1) is 0 Å². The van der Waals surface area contributed by atoms with E-state index in [1.807, 2.05) is 0 Å². The third-order valence-electron chi connectivity index (χ3n) is 9.24. The van der Waals surface area contributed by atoms with Crippen molar-refractivity contribution in [1.82, 2.24) is 0 Å². The Kier molecular flexibility index (Phi) is 6.20. The SMILES string of the molecule is CC1(C)c2ccccc2-c2ccc(-c3cccc4cccc(N(c5ccccc5)c5cccc(-c6ccccc6)c5)c34)cc21. The van der Waals surface area contributed by atoms with Crippen LogP contribution >= 0.6 is 0 Å². The van der Waals surface area contributed by atoms with E-state index in [1.54, 1.807) is 0 Å². The van der Waals surface area contributed by atoms with Crippen LogP contribution in [0.25, 0.3) is 44.2 Å². The molecule has 44 heavy (non-hydrogen) atoms. The highest BCUT2D eigenvalue weighted by molar-refractivity contribution is 6.08. The Hall–Kier alpha value is -5.40. The maximum Gasteiger partial charge on any atom is 0.0546 e. The van der Waals surface area contributed by atoms with Crippen molar-refractivity contribution in [3.8, 4) is 33.4 Å². The Bertz CT molecular complexity index is 2140. The Morgan fingerprint density at radius 1 is 0.409 bits per heavy atom. The van der Waals surface area contributed by atoms with Gasteiger partial charge in [-0.15, -0.1) is 0 Å². The fraction of sp³-hybridized carbons (Fsp3) is 0.0698. The van der Waals surface area contributed by atoms with Crippen LogP contribution < -0.4 is 4.90 Å². The van der Waals surface area contributed by atoms with Crippen LogP contribution in [-0.2, 0) is 5.41 Å². The van der Waals surface area contributed by atoms with Gasteiger partial charge < -0.3 is 4.90 Å². The van der Waals surface area contributed by atoms with Gasteiger partial charge in [0, 0.05) is 22.2 Å². The predicted molar refractivity (Wildman–Crippen MR) is 187 cm³/mol. The summed E-state index contributed by atoms with van der Waals surface area (Å²) < 4.78 is 0. The summed E-state index contributed by atoms with van der Waals surface area (Å²) in [7, 11) is 0. The van der Waals surface area contributed by atoms with Crippen molar-refractivity contribution < 1.29 is 0 Å². The summed E-state index contributed by atoms with van der Waals surface area (Å²) in [4.78, 5) is 2.41. The Labute approximate surface area is 259 Å². The van der Waals surface area contributed by atoms with E-state index < -0.39 is 0 Å². The van der Waals surface area contributed by atoms with Gasteiger partial charge in [-0.1, -0.05) is 141 Å². The fourth-order valence-electron chi connectivity index (χ4n) is 7.08. The van der Waals surface area contributed by atoms with Crippen molar-refractivity contribution in [2.24, 2.45) is 0 Å². The van der Waals surface area contributed by atoms with Gasteiger partial charge in [-0.3, -0.25) is 0 Å². The lowest BCUT2D eigenvalue weighted by Gasteiger charge is -2.28. The van der Waals surface area contributed by atoms with Gasteiger partial charge >= 0.3 is 0 Å². The highest BCUT2D eigenvalue weighted by Gasteiger charge is 2.35. The average molecular weight is 564 g/mol. The smallest absolute Gasteiger partial charge is 0.0546 e. The van der Waals surface area contributed by atoms with Crippen molar-refractivity contribution in [2.45, 2.75) is 19.3 Å². The minimum absolute atomic E-state index is 0.0523. The number of benzene rings is 7. The van der Waals surface area contributed by atoms with Crippen molar-refractivity contribution in [1.29, 1.82) is 0 Å². The van der Waals surface area contributed by atoms with Crippen molar-refractivity contribution in [3.63, 3.8) is 0 Å². The highest BCUT2D eigenvalue weighted by Crippen LogP contribution is 2.50. The molecular formula is C43H33N. The zero-order valence-electron chi connectivity index (χ0n) is 25.0. The van der Waals surface area contributed by atoms with Gasteiger partial charge in [0.25, 0.3) is 0 Å².